The molecule has 1 aromatic carbocycles. The molecule has 0 N–H and O–H groups in total. The second kappa shape index (κ2) is 7.22. The zero-order valence-electron chi connectivity index (χ0n) is 15.1. The molecule has 6 heteroatoms. The summed E-state index contributed by atoms with van der Waals surface area (Å²) in [6.45, 7) is 4.02. The Labute approximate surface area is 161 Å². The molecule has 0 atom stereocenters. The van der Waals surface area contributed by atoms with Crippen LogP contribution in [0.15, 0.2) is 54.2 Å². The van der Waals surface area contributed by atoms with Gasteiger partial charge in [0.1, 0.15) is 5.75 Å². The van der Waals surface area contributed by atoms with E-state index in [2.05, 4.69) is 20.8 Å². The summed E-state index contributed by atoms with van der Waals surface area (Å²) in [5.41, 5.74) is 4.72. The minimum absolute atomic E-state index is 0.140. The van der Waals surface area contributed by atoms with Crippen molar-refractivity contribution in [2.45, 2.75) is 26.4 Å². The quantitative estimate of drug-likeness (QED) is 0.494. The Morgan fingerprint density at radius 2 is 2.00 bits per heavy atom. The molecule has 0 aliphatic heterocycles. The Bertz CT molecular complexity index is 1110. The lowest BCUT2D eigenvalue weighted by Gasteiger charge is -2.10. The number of benzene rings is 1. The Kier molecular flexibility index (Phi) is 4.61. The van der Waals surface area contributed by atoms with Gasteiger partial charge in [-0.1, -0.05) is 0 Å². The number of aromatic nitrogens is 3. The van der Waals surface area contributed by atoms with E-state index in [1.54, 1.807) is 23.7 Å². The number of nitrogens with zero attached hydrogens (tertiary/aromatic N) is 4. The molecule has 4 rings (SSSR count). The second-order valence-electron chi connectivity index (χ2n) is 6.41. The predicted octanol–water partition coefficient (Wildman–Crippen LogP) is 4.98. The van der Waals surface area contributed by atoms with E-state index in [1.165, 1.54) is 0 Å². The van der Waals surface area contributed by atoms with Gasteiger partial charge in [0.05, 0.1) is 35.7 Å². The summed E-state index contributed by atoms with van der Waals surface area (Å²) in [7, 11) is 0. The van der Waals surface area contributed by atoms with Crippen LogP contribution in [-0.2, 0) is 6.42 Å². The molecular weight excluding hydrogens is 356 g/mol. The lowest BCUT2D eigenvalue weighted by molar-refractivity contribution is 0.242. The molecule has 0 saturated carbocycles. The largest absolute Gasteiger partial charge is 0.491 e. The molecule has 0 saturated heterocycles. The van der Waals surface area contributed by atoms with E-state index in [4.69, 9.17) is 9.72 Å². The van der Waals surface area contributed by atoms with Crippen LogP contribution >= 0.6 is 11.3 Å². The molecule has 0 radical (unpaired) electrons. The molecule has 0 aliphatic carbocycles. The Morgan fingerprint density at radius 1 is 1.19 bits per heavy atom. The van der Waals surface area contributed by atoms with Crippen LogP contribution in [-0.4, -0.2) is 20.5 Å². The van der Waals surface area contributed by atoms with Gasteiger partial charge in [0.25, 0.3) is 0 Å². The molecule has 5 nitrogen and oxygen atoms in total. The number of nitriles is 1. The maximum atomic E-state index is 9.37. The molecule has 0 fully saturated rings. The second-order valence-corrected chi connectivity index (χ2v) is 7.25. The first-order chi connectivity index (χ1) is 13.2. The number of fused-ring (bicyclic) bond motifs is 1. The van der Waals surface area contributed by atoms with E-state index in [0.29, 0.717) is 0 Å². The maximum Gasteiger partial charge on any atom is 0.194 e. The number of imidazole rings is 1. The van der Waals surface area contributed by atoms with Crippen molar-refractivity contribution in [2.24, 2.45) is 0 Å². The summed E-state index contributed by atoms with van der Waals surface area (Å²) in [5, 5.41) is 11.4. The number of rotatable bonds is 5. The van der Waals surface area contributed by atoms with Gasteiger partial charge >= 0.3 is 0 Å². The highest BCUT2D eigenvalue weighted by Crippen LogP contribution is 2.33. The van der Waals surface area contributed by atoms with E-state index >= 15 is 0 Å². The molecule has 134 valence electrons. The van der Waals surface area contributed by atoms with Crippen LogP contribution in [0.5, 0.6) is 5.75 Å². The van der Waals surface area contributed by atoms with Crippen LogP contribution in [0, 0.1) is 11.3 Å². The summed E-state index contributed by atoms with van der Waals surface area (Å²) >= 11 is 1.57. The number of ether oxygens (including phenoxy) is 1. The number of pyridine rings is 1. The fraction of sp³-hybridized carbons (Fsp3) is 0.190. The first kappa shape index (κ1) is 17.3. The van der Waals surface area contributed by atoms with Crippen LogP contribution in [0.3, 0.4) is 0 Å². The molecule has 3 aromatic heterocycles. The topological polar surface area (TPSA) is 63.2 Å². The van der Waals surface area contributed by atoms with Crippen LogP contribution in [0.2, 0.25) is 0 Å². The molecule has 0 bridgehead atoms. The smallest absolute Gasteiger partial charge is 0.194 e. The normalized spacial score (nSPS) is 11.0. The van der Waals surface area contributed by atoms with E-state index in [9.17, 15) is 5.26 Å². The monoisotopic (exact) mass is 374 g/mol. The maximum absolute atomic E-state index is 9.37. The SMILES string of the molecule is CC(C)Oc1ccc(-c2csc3nc(-c4cccnc4)c(CC#N)n23)cc1. The van der Waals surface area contributed by atoms with Gasteiger partial charge in [-0.05, 0) is 55.8 Å². The minimum atomic E-state index is 0.140. The molecule has 0 spiro atoms. The third-order valence-corrected chi connectivity index (χ3v) is 4.99. The highest BCUT2D eigenvalue weighted by Gasteiger charge is 2.18. The van der Waals surface area contributed by atoms with Crippen molar-refractivity contribution >= 4 is 16.3 Å². The van der Waals surface area contributed by atoms with Crippen molar-refractivity contribution in [2.75, 3.05) is 0 Å². The fourth-order valence-corrected chi connectivity index (χ4v) is 3.98. The van der Waals surface area contributed by atoms with Gasteiger partial charge in [0, 0.05) is 23.3 Å². The average Bonchev–Trinajstić information content (AvgIpc) is 3.23. The van der Waals surface area contributed by atoms with Crippen LogP contribution < -0.4 is 4.74 Å². The number of hydrogen-bond donors (Lipinski definition) is 0. The lowest BCUT2D eigenvalue weighted by atomic mass is 10.1. The minimum Gasteiger partial charge on any atom is -0.491 e. The fourth-order valence-electron chi connectivity index (χ4n) is 3.07. The average molecular weight is 374 g/mol. The van der Waals surface area contributed by atoms with Crippen LogP contribution in [0.4, 0.5) is 0 Å². The van der Waals surface area contributed by atoms with Gasteiger partial charge in [0.2, 0.25) is 0 Å². The Morgan fingerprint density at radius 3 is 2.67 bits per heavy atom. The van der Waals surface area contributed by atoms with Crippen LogP contribution in [0.1, 0.15) is 19.5 Å². The summed E-state index contributed by atoms with van der Waals surface area (Å²) in [5.74, 6) is 0.846. The van der Waals surface area contributed by atoms with Crippen molar-refractivity contribution in [1.29, 1.82) is 5.26 Å². The lowest BCUT2D eigenvalue weighted by Crippen LogP contribution is -2.05. The third kappa shape index (κ3) is 3.29. The molecule has 0 aliphatic rings. The summed E-state index contributed by atoms with van der Waals surface area (Å²) in [6.07, 6.45) is 3.94. The zero-order chi connectivity index (χ0) is 18.8. The van der Waals surface area contributed by atoms with Gasteiger partial charge in [-0.2, -0.15) is 5.26 Å². The molecular formula is C21H18N4OS. The third-order valence-electron chi connectivity index (χ3n) is 4.16. The molecule has 27 heavy (non-hydrogen) atoms. The van der Waals surface area contributed by atoms with Crippen molar-refractivity contribution in [1.82, 2.24) is 14.4 Å². The van der Waals surface area contributed by atoms with Crippen LogP contribution in [0.25, 0.3) is 27.5 Å². The predicted molar refractivity (Wildman–Crippen MR) is 107 cm³/mol. The van der Waals surface area contributed by atoms with E-state index in [0.717, 1.165) is 38.9 Å². The molecule has 3 heterocycles. The van der Waals surface area contributed by atoms with Crippen molar-refractivity contribution in [3.8, 4) is 34.3 Å². The first-order valence-corrected chi connectivity index (χ1v) is 9.58. The van der Waals surface area contributed by atoms with Gasteiger partial charge in [-0.3, -0.25) is 9.38 Å². The zero-order valence-corrected chi connectivity index (χ0v) is 15.9. The van der Waals surface area contributed by atoms with E-state index in [1.807, 2.05) is 50.2 Å². The highest BCUT2D eigenvalue weighted by molar-refractivity contribution is 7.15. The van der Waals surface area contributed by atoms with Crippen molar-refractivity contribution in [3.63, 3.8) is 0 Å². The van der Waals surface area contributed by atoms with Gasteiger partial charge in [0.15, 0.2) is 4.96 Å². The molecule has 4 aromatic rings. The van der Waals surface area contributed by atoms with E-state index in [-0.39, 0.29) is 12.5 Å². The van der Waals surface area contributed by atoms with Gasteiger partial charge in [-0.15, -0.1) is 11.3 Å². The number of thiazole rings is 1. The summed E-state index contributed by atoms with van der Waals surface area (Å²) < 4.78 is 7.81. The Balaban J connectivity index is 1.83. The number of hydrogen-bond acceptors (Lipinski definition) is 5. The van der Waals surface area contributed by atoms with Gasteiger partial charge in [-0.25, -0.2) is 4.98 Å². The van der Waals surface area contributed by atoms with Crippen molar-refractivity contribution < 1.29 is 4.74 Å². The van der Waals surface area contributed by atoms with Gasteiger partial charge < -0.3 is 4.74 Å². The molecule has 0 unspecified atom stereocenters. The summed E-state index contributed by atoms with van der Waals surface area (Å²) in [6, 6.07) is 14.2. The summed E-state index contributed by atoms with van der Waals surface area (Å²) in [4.78, 5) is 9.83. The van der Waals surface area contributed by atoms with Crippen molar-refractivity contribution in [3.05, 3.63) is 59.9 Å². The first-order valence-electron chi connectivity index (χ1n) is 8.70. The standard InChI is InChI=1S/C21H18N4OS/c1-14(2)26-17-7-5-15(6-8-17)19-13-27-21-24-20(16-4-3-11-23-12-16)18(9-10-22)25(19)21/h3-8,11-14H,9H2,1-2H3. The Hall–Kier alpha value is -3.17. The van der Waals surface area contributed by atoms with E-state index < -0.39 is 0 Å². The molecule has 0 amide bonds. The highest BCUT2D eigenvalue weighted by atomic mass is 32.1.